The number of rotatable bonds is 1. The smallest absolute Gasteiger partial charge is 0.339 e. The number of aliphatic carboxylic acids is 1. The summed E-state index contributed by atoms with van der Waals surface area (Å²) in [6.45, 7) is 1.34. The van der Waals surface area contributed by atoms with E-state index >= 15 is 0 Å². The monoisotopic (exact) mass is 205 g/mol. The first-order valence-electron chi connectivity index (χ1n) is 4.56. The second-order valence-corrected chi connectivity index (χ2v) is 3.74. The number of esters is 1. The summed E-state index contributed by atoms with van der Waals surface area (Å²) in [4.78, 5) is 22.3. The highest BCUT2D eigenvalue weighted by Gasteiger charge is 2.37. The molecule has 0 aromatic heterocycles. The highest BCUT2D eigenvalue weighted by atomic mass is 16.6. The van der Waals surface area contributed by atoms with Gasteiger partial charge in [0.05, 0.1) is 11.5 Å². The lowest BCUT2D eigenvalue weighted by Gasteiger charge is -2.34. The van der Waals surface area contributed by atoms with Crippen LogP contribution in [0.25, 0.3) is 0 Å². The zero-order valence-electron chi connectivity index (χ0n) is 8.15. The number of carboxylic acids is 1. The highest BCUT2D eigenvalue weighted by molar-refractivity contribution is 5.95. The van der Waals surface area contributed by atoms with E-state index in [0.717, 1.165) is 0 Å². The molecule has 1 aliphatic heterocycles. The first-order chi connectivity index (χ1) is 7.03. The average Bonchev–Trinajstić information content (AvgIpc) is 2.17. The Labute approximate surface area is 86.5 Å². The molecule has 1 atom stereocenters. The molecule has 0 radical (unpaired) electrons. The summed E-state index contributed by atoms with van der Waals surface area (Å²) >= 11 is 0. The van der Waals surface area contributed by atoms with Crippen LogP contribution in [0.5, 0.6) is 0 Å². The number of carbonyl (C=O) groups is 2. The lowest BCUT2D eigenvalue weighted by Crippen LogP contribution is -2.52. The number of cyclic esters (lactones) is 1. The van der Waals surface area contributed by atoms with E-state index in [1.807, 2.05) is 0 Å². The van der Waals surface area contributed by atoms with Crippen LogP contribution in [0.15, 0.2) is 24.3 Å². The first kappa shape index (κ1) is 9.71. The predicted molar refractivity (Wildman–Crippen MR) is 49.0 cm³/mol. The van der Waals surface area contributed by atoms with Crippen molar-refractivity contribution < 1.29 is 19.4 Å². The van der Waals surface area contributed by atoms with Crippen molar-refractivity contribution in [3.8, 4) is 0 Å². The van der Waals surface area contributed by atoms with Crippen LogP contribution in [0.2, 0.25) is 0 Å². The fourth-order valence-electron chi connectivity index (χ4n) is 1.65. The number of benzene rings is 1. The normalized spacial score (nSPS) is 24.2. The second-order valence-electron chi connectivity index (χ2n) is 3.74. The van der Waals surface area contributed by atoms with E-state index in [1.165, 1.54) is 6.92 Å². The van der Waals surface area contributed by atoms with E-state index in [0.29, 0.717) is 11.1 Å². The Bertz CT molecular complexity index is 438. The van der Waals surface area contributed by atoms with Crippen molar-refractivity contribution in [1.29, 1.82) is 0 Å². The lowest BCUT2D eigenvalue weighted by atomic mass is 9.90. The van der Waals surface area contributed by atoms with Crippen LogP contribution >= 0.6 is 0 Å². The maximum absolute atomic E-state index is 11.5. The van der Waals surface area contributed by atoms with E-state index in [4.69, 9.17) is 4.74 Å². The average molecular weight is 205 g/mol. The minimum absolute atomic E-state index is 0.150. The molecule has 0 bridgehead atoms. The van der Waals surface area contributed by atoms with Crippen LogP contribution in [-0.4, -0.2) is 17.5 Å². The van der Waals surface area contributed by atoms with Crippen molar-refractivity contribution in [3.05, 3.63) is 35.4 Å². The van der Waals surface area contributed by atoms with Gasteiger partial charge >= 0.3 is 5.97 Å². The van der Waals surface area contributed by atoms with E-state index in [9.17, 15) is 14.7 Å². The number of hydrogen-bond donors (Lipinski definition) is 0. The van der Waals surface area contributed by atoms with Crippen LogP contribution in [0.3, 0.4) is 0 Å². The molecule has 0 unspecified atom stereocenters. The fourth-order valence-corrected chi connectivity index (χ4v) is 1.65. The minimum atomic E-state index is -1.55. The standard InChI is InChI=1S/C11H10O4/c1-11(10(13)14)6-7-4-2-3-5-8(7)9(12)15-11/h2-5H,6H2,1H3,(H,13,14)/p-1/t11-/m0/s1. The van der Waals surface area contributed by atoms with E-state index in [1.54, 1.807) is 24.3 Å². The van der Waals surface area contributed by atoms with E-state index < -0.39 is 17.5 Å². The van der Waals surface area contributed by atoms with Gasteiger partial charge in [-0.1, -0.05) is 18.2 Å². The van der Waals surface area contributed by atoms with Crippen LogP contribution in [-0.2, 0) is 16.0 Å². The van der Waals surface area contributed by atoms with Gasteiger partial charge in [-0.25, -0.2) is 4.79 Å². The van der Waals surface area contributed by atoms with Gasteiger partial charge in [-0.3, -0.25) is 0 Å². The van der Waals surface area contributed by atoms with Crippen LogP contribution < -0.4 is 5.11 Å². The van der Waals surface area contributed by atoms with Crippen molar-refractivity contribution in [2.24, 2.45) is 0 Å². The van der Waals surface area contributed by atoms with Gasteiger partial charge in [0.1, 0.15) is 0 Å². The first-order valence-corrected chi connectivity index (χ1v) is 4.56. The summed E-state index contributed by atoms with van der Waals surface area (Å²) in [6, 6.07) is 6.80. The molecule has 0 saturated carbocycles. The van der Waals surface area contributed by atoms with Crippen molar-refractivity contribution in [2.75, 3.05) is 0 Å². The molecule has 1 aromatic rings. The van der Waals surface area contributed by atoms with Gasteiger partial charge in [0, 0.05) is 6.42 Å². The molecule has 0 saturated heterocycles. The maximum Gasteiger partial charge on any atom is 0.339 e. The van der Waals surface area contributed by atoms with E-state index in [2.05, 4.69) is 0 Å². The summed E-state index contributed by atoms with van der Waals surface area (Å²) < 4.78 is 4.86. The molecular formula is C11H9O4-. The topological polar surface area (TPSA) is 66.4 Å². The molecule has 78 valence electrons. The van der Waals surface area contributed by atoms with Crippen LogP contribution in [0, 0.1) is 0 Å². The molecule has 0 fully saturated rings. The number of carboxylic acid groups (broad SMARTS) is 1. The SMILES string of the molecule is C[C@@]1(C(=O)[O-])Cc2ccccc2C(=O)O1. The van der Waals surface area contributed by atoms with Crippen molar-refractivity contribution >= 4 is 11.9 Å². The molecule has 0 amide bonds. The summed E-state index contributed by atoms with van der Waals surface area (Å²) in [5.74, 6) is -1.98. The Morgan fingerprint density at radius 3 is 2.80 bits per heavy atom. The Balaban J connectivity index is 2.47. The molecule has 0 N–H and O–H groups in total. The Morgan fingerprint density at radius 1 is 1.47 bits per heavy atom. The van der Waals surface area contributed by atoms with Gasteiger partial charge in [-0.15, -0.1) is 0 Å². The fraction of sp³-hybridized carbons (Fsp3) is 0.273. The van der Waals surface area contributed by atoms with Gasteiger partial charge in [0.15, 0.2) is 5.60 Å². The zero-order chi connectivity index (χ0) is 11.1. The van der Waals surface area contributed by atoms with Crippen molar-refractivity contribution in [1.82, 2.24) is 0 Å². The van der Waals surface area contributed by atoms with Crippen molar-refractivity contribution in [2.45, 2.75) is 18.9 Å². The van der Waals surface area contributed by atoms with Gasteiger partial charge in [-0.2, -0.15) is 0 Å². The third-order valence-corrected chi connectivity index (χ3v) is 2.51. The Morgan fingerprint density at radius 2 is 2.13 bits per heavy atom. The van der Waals surface area contributed by atoms with Gasteiger partial charge in [0.25, 0.3) is 0 Å². The molecule has 0 aliphatic carbocycles. The largest absolute Gasteiger partial charge is 0.546 e. The molecular weight excluding hydrogens is 196 g/mol. The zero-order valence-corrected chi connectivity index (χ0v) is 8.15. The van der Waals surface area contributed by atoms with E-state index in [-0.39, 0.29) is 6.42 Å². The second kappa shape index (κ2) is 3.08. The molecule has 1 heterocycles. The van der Waals surface area contributed by atoms with Gasteiger partial charge < -0.3 is 14.6 Å². The Hall–Kier alpha value is -1.84. The minimum Gasteiger partial charge on any atom is -0.546 e. The third kappa shape index (κ3) is 1.48. The predicted octanol–water partition coefficient (Wildman–Crippen LogP) is -0.0919. The molecule has 4 heteroatoms. The number of carbonyl (C=O) groups excluding carboxylic acids is 2. The molecule has 2 rings (SSSR count). The number of fused-ring (bicyclic) bond motifs is 1. The van der Waals surface area contributed by atoms with Gasteiger partial charge in [0.2, 0.25) is 0 Å². The molecule has 0 spiro atoms. The van der Waals surface area contributed by atoms with Gasteiger partial charge in [-0.05, 0) is 18.6 Å². The highest BCUT2D eigenvalue weighted by Crippen LogP contribution is 2.27. The van der Waals surface area contributed by atoms with Crippen molar-refractivity contribution in [3.63, 3.8) is 0 Å². The Kier molecular flexibility index (Phi) is 2.00. The number of ether oxygens (including phenoxy) is 1. The molecule has 1 aliphatic rings. The summed E-state index contributed by atoms with van der Waals surface area (Å²) in [6.07, 6.45) is 0.150. The van der Waals surface area contributed by atoms with Crippen LogP contribution in [0.4, 0.5) is 0 Å². The van der Waals surface area contributed by atoms with Crippen LogP contribution in [0.1, 0.15) is 22.8 Å². The number of hydrogen-bond acceptors (Lipinski definition) is 4. The molecule has 4 nitrogen and oxygen atoms in total. The summed E-state index contributed by atoms with van der Waals surface area (Å²) in [5.41, 5.74) is -0.442. The lowest BCUT2D eigenvalue weighted by molar-refractivity contribution is -0.323. The summed E-state index contributed by atoms with van der Waals surface area (Å²) in [5, 5.41) is 10.8. The summed E-state index contributed by atoms with van der Waals surface area (Å²) in [7, 11) is 0. The maximum atomic E-state index is 11.5. The third-order valence-electron chi connectivity index (χ3n) is 2.51. The molecule has 1 aromatic carbocycles. The quantitative estimate of drug-likeness (QED) is 0.601. The molecule has 15 heavy (non-hydrogen) atoms.